The van der Waals surface area contributed by atoms with Crippen LogP contribution in [0.15, 0.2) is 47.4 Å². The highest BCUT2D eigenvalue weighted by Crippen LogP contribution is 2.39. The molecule has 0 radical (unpaired) electrons. The van der Waals surface area contributed by atoms with Gasteiger partial charge in [-0.15, -0.1) is 45.3 Å². The first-order valence-corrected chi connectivity index (χ1v) is 9.29. The summed E-state index contributed by atoms with van der Waals surface area (Å²) in [6, 6.07) is 8.33. The van der Waals surface area contributed by atoms with Gasteiger partial charge < -0.3 is 0 Å². The molecular weight excluding hydrogens is 324 g/mol. The first-order valence-electron chi connectivity index (χ1n) is 5.90. The van der Waals surface area contributed by atoms with Gasteiger partial charge in [-0.1, -0.05) is 12.1 Å². The van der Waals surface area contributed by atoms with Crippen molar-refractivity contribution in [3.63, 3.8) is 0 Å². The normalized spacial score (nSPS) is 11.0. The van der Waals surface area contributed by atoms with Crippen LogP contribution < -0.4 is 0 Å². The zero-order valence-electron chi connectivity index (χ0n) is 10.1. The van der Waals surface area contributed by atoms with Crippen LogP contribution in [0.1, 0.15) is 0 Å². The third kappa shape index (κ3) is 2.25. The lowest BCUT2D eigenvalue weighted by Gasteiger charge is -1.88. The molecule has 98 valence electrons. The van der Waals surface area contributed by atoms with Crippen molar-refractivity contribution in [2.75, 3.05) is 0 Å². The van der Waals surface area contributed by atoms with E-state index in [4.69, 9.17) is 0 Å². The Kier molecular flexibility index (Phi) is 3.23. The summed E-state index contributed by atoms with van der Waals surface area (Å²) in [4.78, 5) is 13.9. The minimum atomic E-state index is 1.08. The molecule has 0 unspecified atom stereocenters. The van der Waals surface area contributed by atoms with Crippen LogP contribution in [0.2, 0.25) is 0 Å². The molecule has 4 aromatic rings. The molecule has 0 N–H and O–H groups in total. The molecule has 20 heavy (non-hydrogen) atoms. The maximum atomic E-state index is 4.52. The van der Waals surface area contributed by atoms with Crippen molar-refractivity contribution in [2.24, 2.45) is 0 Å². The maximum Gasteiger partial charge on any atom is 0.133 e. The average molecular weight is 332 g/mol. The minimum Gasteiger partial charge on any atom is -0.243 e. The highest BCUT2D eigenvalue weighted by Gasteiger charge is 2.11. The Balaban J connectivity index is 1.68. The highest BCUT2D eigenvalue weighted by molar-refractivity contribution is 7.27. The fourth-order valence-corrected chi connectivity index (χ4v) is 5.30. The van der Waals surface area contributed by atoms with Crippen LogP contribution in [0, 0.1) is 0 Å². The van der Waals surface area contributed by atoms with Crippen LogP contribution in [-0.2, 0) is 0 Å². The molecular formula is C14H8N2S4. The first-order chi connectivity index (χ1) is 9.90. The second-order valence-electron chi connectivity index (χ2n) is 4.01. The molecule has 0 aliphatic heterocycles. The molecule has 2 nitrogen and oxygen atoms in total. The molecule has 0 spiro atoms. The van der Waals surface area contributed by atoms with E-state index in [1.54, 1.807) is 45.3 Å². The van der Waals surface area contributed by atoms with Gasteiger partial charge in [-0.05, 0) is 22.9 Å². The Morgan fingerprint density at radius 1 is 0.650 bits per heavy atom. The second-order valence-corrected chi connectivity index (χ2v) is 7.97. The topological polar surface area (TPSA) is 25.8 Å². The predicted molar refractivity (Wildman–Crippen MR) is 89.8 cm³/mol. The van der Waals surface area contributed by atoms with Gasteiger partial charge in [0.25, 0.3) is 0 Å². The molecule has 0 aliphatic carbocycles. The van der Waals surface area contributed by atoms with Crippen LogP contribution in [0.4, 0.5) is 0 Å². The SMILES string of the molecule is c1csc(-c2ncc(-c3cnc(-c4cccs4)s3)s2)c1. The number of thiazole rings is 2. The largest absolute Gasteiger partial charge is 0.243 e. The lowest BCUT2D eigenvalue weighted by molar-refractivity contribution is 1.42. The van der Waals surface area contributed by atoms with Crippen molar-refractivity contribution in [2.45, 2.75) is 0 Å². The van der Waals surface area contributed by atoms with E-state index >= 15 is 0 Å². The van der Waals surface area contributed by atoms with Gasteiger partial charge >= 0.3 is 0 Å². The van der Waals surface area contributed by atoms with Crippen LogP contribution >= 0.6 is 45.3 Å². The van der Waals surface area contributed by atoms with E-state index in [0.29, 0.717) is 0 Å². The number of aromatic nitrogens is 2. The van der Waals surface area contributed by atoms with E-state index in [2.05, 4.69) is 45.0 Å². The predicted octanol–water partition coefficient (Wildman–Crippen LogP) is 5.72. The van der Waals surface area contributed by atoms with Gasteiger partial charge in [0.2, 0.25) is 0 Å². The quantitative estimate of drug-likeness (QED) is 0.479. The van der Waals surface area contributed by atoms with E-state index in [-0.39, 0.29) is 0 Å². The molecule has 6 heteroatoms. The van der Waals surface area contributed by atoms with Gasteiger partial charge in [-0.25, -0.2) is 9.97 Å². The smallest absolute Gasteiger partial charge is 0.133 e. The van der Waals surface area contributed by atoms with Gasteiger partial charge in [0.1, 0.15) is 10.0 Å². The lowest BCUT2D eigenvalue weighted by atomic mass is 10.5. The zero-order valence-corrected chi connectivity index (χ0v) is 13.4. The van der Waals surface area contributed by atoms with E-state index in [0.717, 1.165) is 10.0 Å². The molecule has 0 amide bonds. The number of thiophene rings is 2. The van der Waals surface area contributed by atoms with Gasteiger partial charge in [-0.3, -0.25) is 0 Å². The summed E-state index contributed by atoms with van der Waals surface area (Å²) in [6.07, 6.45) is 3.90. The number of rotatable bonds is 3. The van der Waals surface area contributed by atoms with Gasteiger partial charge in [0.15, 0.2) is 0 Å². The molecule has 0 saturated heterocycles. The number of nitrogens with zero attached hydrogens (tertiary/aromatic N) is 2. The molecule has 4 aromatic heterocycles. The summed E-state index contributed by atoms with van der Waals surface area (Å²) in [5.74, 6) is 0. The Bertz CT molecular complexity index is 739. The average Bonchev–Trinajstić information content (AvgIpc) is 3.22. The van der Waals surface area contributed by atoms with Crippen LogP contribution in [0.5, 0.6) is 0 Å². The summed E-state index contributed by atoms with van der Waals surface area (Å²) in [5, 5.41) is 6.33. The fraction of sp³-hybridized carbons (Fsp3) is 0. The van der Waals surface area contributed by atoms with Gasteiger partial charge in [0, 0.05) is 12.4 Å². The van der Waals surface area contributed by atoms with Gasteiger partial charge in [-0.2, -0.15) is 0 Å². The van der Waals surface area contributed by atoms with E-state index in [1.807, 2.05) is 12.4 Å². The summed E-state index contributed by atoms with van der Waals surface area (Å²) in [6.45, 7) is 0. The zero-order chi connectivity index (χ0) is 13.4. The highest BCUT2D eigenvalue weighted by atomic mass is 32.1. The molecule has 0 atom stereocenters. The molecule has 0 aliphatic rings. The minimum absolute atomic E-state index is 1.08. The van der Waals surface area contributed by atoms with Crippen molar-refractivity contribution < 1.29 is 0 Å². The Morgan fingerprint density at radius 2 is 1.15 bits per heavy atom. The van der Waals surface area contributed by atoms with Crippen LogP contribution in [0.3, 0.4) is 0 Å². The Labute approximate surface area is 132 Å². The van der Waals surface area contributed by atoms with E-state index in [9.17, 15) is 0 Å². The van der Waals surface area contributed by atoms with Crippen LogP contribution in [-0.4, -0.2) is 9.97 Å². The van der Waals surface area contributed by atoms with Crippen LogP contribution in [0.25, 0.3) is 29.5 Å². The summed E-state index contributed by atoms with van der Waals surface area (Å²) in [5.41, 5.74) is 0. The third-order valence-electron chi connectivity index (χ3n) is 2.72. The fourth-order valence-electron chi connectivity index (χ4n) is 1.80. The van der Waals surface area contributed by atoms with Crippen molar-refractivity contribution >= 4 is 45.3 Å². The van der Waals surface area contributed by atoms with E-state index in [1.165, 1.54) is 19.5 Å². The molecule has 0 aromatic carbocycles. The third-order valence-corrected chi connectivity index (χ3v) is 6.99. The summed E-state index contributed by atoms with van der Waals surface area (Å²) >= 11 is 6.91. The monoisotopic (exact) mass is 332 g/mol. The van der Waals surface area contributed by atoms with Gasteiger partial charge in [0.05, 0.1) is 19.5 Å². The molecule has 4 heterocycles. The Hall–Kier alpha value is -1.34. The standard InChI is InChI=1S/C14H8N2S4/c1-3-9(17-5-1)13-15-7-11(19-13)12-8-16-14(20-12)10-4-2-6-18-10/h1-8H. The van der Waals surface area contributed by atoms with E-state index < -0.39 is 0 Å². The Morgan fingerprint density at radius 3 is 1.55 bits per heavy atom. The van der Waals surface area contributed by atoms with Crippen molar-refractivity contribution in [3.8, 4) is 29.5 Å². The lowest BCUT2D eigenvalue weighted by Crippen LogP contribution is -1.63. The summed E-state index contributed by atoms with van der Waals surface area (Å²) < 4.78 is 0. The number of hydrogen-bond donors (Lipinski definition) is 0. The second kappa shape index (κ2) is 5.21. The molecule has 0 saturated carbocycles. The maximum absolute atomic E-state index is 4.52. The van der Waals surface area contributed by atoms with Crippen molar-refractivity contribution in [1.82, 2.24) is 9.97 Å². The molecule has 0 bridgehead atoms. The summed E-state index contributed by atoms with van der Waals surface area (Å²) in [7, 11) is 0. The number of hydrogen-bond acceptors (Lipinski definition) is 6. The molecule has 0 fully saturated rings. The van der Waals surface area contributed by atoms with Crippen molar-refractivity contribution in [3.05, 3.63) is 47.4 Å². The molecule has 4 rings (SSSR count). The first kappa shape index (κ1) is 12.4. The van der Waals surface area contributed by atoms with Crippen molar-refractivity contribution in [1.29, 1.82) is 0 Å².